The summed E-state index contributed by atoms with van der Waals surface area (Å²) in [5, 5.41) is 8.49. The molecule has 20 heavy (non-hydrogen) atoms. The maximum absolute atomic E-state index is 5.48. The minimum absolute atomic E-state index is 0.290. The Labute approximate surface area is 125 Å². The third kappa shape index (κ3) is 3.19. The Balaban J connectivity index is 1.57. The summed E-state index contributed by atoms with van der Waals surface area (Å²) in [6.07, 6.45) is 7.77. The van der Waals surface area contributed by atoms with E-state index in [-0.39, 0.29) is 6.04 Å². The van der Waals surface area contributed by atoms with Crippen molar-refractivity contribution in [2.75, 3.05) is 0 Å². The molecule has 2 aliphatic rings. The van der Waals surface area contributed by atoms with E-state index in [4.69, 9.17) is 4.52 Å². The van der Waals surface area contributed by atoms with Crippen LogP contribution in [-0.4, -0.2) is 21.4 Å². The molecule has 0 spiro atoms. The molecule has 0 bridgehead atoms. The molecule has 2 fully saturated rings. The molecule has 112 valence electrons. The molecule has 3 rings (SSSR count). The predicted octanol–water partition coefficient (Wildman–Crippen LogP) is 3.69. The topological polar surface area (TPSA) is 51.0 Å². The van der Waals surface area contributed by atoms with Crippen LogP contribution in [0.1, 0.15) is 70.1 Å². The zero-order chi connectivity index (χ0) is 13.9. The first-order valence-electron chi connectivity index (χ1n) is 7.96. The standard InChI is InChI=1S/C15H25N3OS/c1-3-10(2)20-9-14-17-15(19-18-14)13-8-11-6-4-5-7-12(11)16-13/h10-13,16H,3-9H2,1-2H3. The van der Waals surface area contributed by atoms with Gasteiger partial charge in [-0.15, -0.1) is 0 Å². The first-order chi connectivity index (χ1) is 9.76. The van der Waals surface area contributed by atoms with Gasteiger partial charge in [-0.1, -0.05) is 31.8 Å². The smallest absolute Gasteiger partial charge is 0.243 e. The summed E-state index contributed by atoms with van der Waals surface area (Å²) in [6.45, 7) is 4.46. The van der Waals surface area contributed by atoms with Crippen LogP contribution in [0.5, 0.6) is 0 Å². The molecule has 4 nitrogen and oxygen atoms in total. The molecule has 1 aromatic rings. The van der Waals surface area contributed by atoms with Crippen molar-refractivity contribution in [2.24, 2.45) is 5.92 Å². The second-order valence-electron chi connectivity index (χ2n) is 6.18. The summed E-state index contributed by atoms with van der Waals surface area (Å²) < 4.78 is 5.48. The van der Waals surface area contributed by atoms with Gasteiger partial charge in [0, 0.05) is 11.3 Å². The first-order valence-corrected chi connectivity index (χ1v) is 9.01. The van der Waals surface area contributed by atoms with E-state index in [2.05, 4.69) is 29.3 Å². The van der Waals surface area contributed by atoms with Crippen LogP contribution in [0.3, 0.4) is 0 Å². The van der Waals surface area contributed by atoms with Crippen molar-refractivity contribution in [3.8, 4) is 0 Å². The summed E-state index contributed by atoms with van der Waals surface area (Å²) in [6, 6.07) is 0.969. The highest BCUT2D eigenvalue weighted by Gasteiger charge is 2.38. The fraction of sp³-hybridized carbons (Fsp3) is 0.867. The number of nitrogens with one attached hydrogen (secondary N) is 1. The normalized spacial score (nSPS) is 31.2. The molecule has 0 aromatic carbocycles. The summed E-state index contributed by atoms with van der Waals surface area (Å²) in [5.41, 5.74) is 0. The number of hydrogen-bond donors (Lipinski definition) is 1. The number of fused-ring (bicyclic) bond motifs is 1. The van der Waals surface area contributed by atoms with E-state index in [1.165, 1.54) is 38.5 Å². The molecule has 5 heteroatoms. The monoisotopic (exact) mass is 295 g/mol. The average Bonchev–Trinajstić information content (AvgIpc) is 3.10. The van der Waals surface area contributed by atoms with E-state index in [1.807, 2.05) is 11.8 Å². The zero-order valence-corrected chi connectivity index (χ0v) is 13.3. The quantitative estimate of drug-likeness (QED) is 0.897. The summed E-state index contributed by atoms with van der Waals surface area (Å²) in [7, 11) is 0. The van der Waals surface area contributed by atoms with Gasteiger partial charge in [0.2, 0.25) is 5.89 Å². The van der Waals surface area contributed by atoms with E-state index in [0.29, 0.717) is 11.3 Å². The molecule has 1 N–H and O–H groups in total. The Morgan fingerprint density at radius 2 is 2.25 bits per heavy atom. The lowest BCUT2D eigenvalue weighted by molar-refractivity contribution is 0.324. The Hall–Kier alpha value is -0.550. The van der Waals surface area contributed by atoms with Crippen LogP contribution in [0.15, 0.2) is 4.52 Å². The lowest BCUT2D eigenvalue weighted by Crippen LogP contribution is -2.30. The van der Waals surface area contributed by atoms with Gasteiger partial charge in [-0.25, -0.2) is 0 Å². The average molecular weight is 295 g/mol. The Morgan fingerprint density at radius 1 is 1.40 bits per heavy atom. The minimum Gasteiger partial charge on any atom is -0.338 e. The van der Waals surface area contributed by atoms with Gasteiger partial charge in [-0.2, -0.15) is 16.7 Å². The largest absolute Gasteiger partial charge is 0.338 e. The number of hydrogen-bond acceptors (Lipinski definition) is 5. The van der Waals surface area contributed by atoms with Crippen molar-refractivity contribution in [3.05, 3.63) is 11.7 Å². The van der Waals surface area contributed by atoms with E-state index in [9.17, 15) is 0 Å². The lowest BCUT2D eigenvalue weighted by Gasteiger charge is -2.24. The molecular formula is C15H25N3OS. The maximum Gasteiger partial charge on any atom is 0.243 e. The third-order valence-corrected chi connectivity index (χ3v) is 6.04. The second-order valence-corrected chi connectivity index (χ2v) is 7.61. The van der Waals surface area contributed by atoms with Gasteiger partial charge < -0.3 is 9.84 Å². The lowest BCUT2D eigenvalue weighted by atomic mass is 9.85. The van der Waals surface area contributed by atoms with Gasteiger partial charge in [-0.05, 0) is 31.6 Å². The van der Waals surface area contributed by atoms with Crippen molar-refractivity contribution in [1.82, 2.24) is 15.5 Å². The van der Waals surface area contributed by atoms with Crippen LogP contribution < -0.4 is 5.32 Å². The van der Waals surface area contributed by atoms with Crippen molar-refractivity contribution in [3.63, 3.8) is 0 Å². The molecule has 1 aromatic heterocycles. The van der Waals surface area contributed by atoms with Crippen LogP contribution in [0, 0.1) is 5.92 Å². The SMILES string of the molecule is CCC(C)SCc1noc(C2CC3CCCCC3N2)n1. The van der Waals surface area contributed by atoms with E-state index >= 15 is 0 Å². The summed E-state index contributed by atoms with van der Waals surface area (Å²) in [4.78, 5) is 4.60. The fourth-order valence-electron chi connectivity index (χ4n) is 3.31. The molecule has 0 amide bonds. The predicted molar refractivity (Wildman–Crippen MR) is 81.6 cm³/mol. The van der Waals surface area contributed by atoms with Crippen LogP contribution in [0.2, 0.25) is 0 Å². The van der Waals surface area contributed by atoms with E-state index in [1.54, 1.807) is 0 Å². The molecular weight excluding hydrogens is 270 g/mol. The van der Waals surface area contributed by atoms with Gasteiger partial charge in [0.1, 0.15) is 0 Å². The molecule has 1 aliphatic carbocycles. The number of rotatable bonds is 5. The molecule has 1 saturated carbocycles. The Morgan fingerprint density at radius 3 is 3.05 bits per heavy atom. The van der Waals surface area contributed by atoms with Crippen LogP contribution in [0.4, 0.5) is 0 Å². The van der Waals surface area contributed by atoms with Crippen molar-refractivity contribution in [2.45, 2.75) is 75.5 Å². The first kappa shape index (κ1) is 14.4. The molecule has 4 atom stereocenters. The third-order valence-electron chi connectivity index (χ3n) is 4.72. The van der Waals surface area contributed by atoms with Crippen LogP contribution in [0.25, 0.3) is 0 Å². The van der Waals surface area contributed by atoms with E-state index < -0.39 is 0 Å². The van der Waals surface area contributed by atoms with Crippen LogP contribution in [-0.2, 0) is 5.75 Å². The van der Waals surface area contributed by atoms with Crippen molar-refractivity contribution >= 4 is 11.8 Å². The van der Waals surface area contributed by atoms with Gasteiger partial charge in [-0.3, -0.25) is 0 Å². The summed E-state index contributed by atoms with van der Waals surface area (Å²) in [5.74, 6) is 3.33. The highest BCUT2D eigenvalue weighted by molar-refractivity contribution is 7.99. The van der Waals surface area contributed by atoms with Crippen molar-refractivity contribution in [1.29, 1.82) is 0 Å². The van der Waals surface area contributed by atoms with Crippen LogP contribution >= 0.6 is 11.8 Å². The van der Waals surface area contributed by atoms with Gasteiger partial charge in [0.25, 0.3) is 0 Å². The minimum atomic E-state index is 0.290. The molecule has 2 heterocycles. The van der Waals surface area contributed by atoms with Gasteiger partial charge in [0.05, 0.1) is 11.8 Å². The molecule has 1 saturated heterocycles. The highest BCUT2D eigenvalue weighted by Crippen LogP contribution is 2.38. The Kier molecular flexibility index (Phi) is 4.66. The molecule has 0 radical (unpaired) electrons. The summed E-state index contributed by atoms with van der Waals surface area (Å²) >= 11 is 1.90. The Bertz CT molecular complexity index is 423. The van der Waals surface area contributed by atoms with E-state index in [0.717, 1.165) is 23.4 Å². The fourth-order valence-corrected chi connectivity index (χ4v) is 4.10. The van der Waals surface area contributed by atoms with Crippen molar-refractivity contribution < 1.29 is 4.52 Å². The van der Waals surface area contributed by atoms with Gasteiger partial charge in [0.15, 0.2) is 5.82 Å². The number of nitrogens with zero attached hydrogens (tertiary/aromatic N) is 2. The highest BCUT2D eigenvalue weighted by atomic mass is 32.2. The number of aromatic nitrogens is 2. The molecule has 4 unspecified atom stereocenters. The maximum atomic E-state index is 5.48. The second kappa shape index (κ2) is 6.48. The molecule has 1 aliphatic heterocycles. The van der Waals surface area contributed by atoms with Gasteiger partial charge >= 0.3 is 0 Å². The number of thioether (sulfide) groups is 1. The zero-order valence-electron chi connectivity index (χ0n) is 12.5.